The third kappa shape index (κ3) is 5.39. The molecule has 2 amide bonds. The molecule has 1 aliphatic heterocycles. The van der Waals surface area contributed by atoms with Gasteiger partial charge in [-0.3, -0.25) is 9.59 Å². The van der Waals surface area contributed by atoms with Crippen molar-refractivity contribution in [1.82, 2.24) is 10.2 Å². The van der Waals surface area contributed by atoms with Crippen LogP contribution in [-0.2, 0) is 19.1 Å². The van der Waals surface area contributed by atoms with E-state index in [1.807, 2.05) is 31.2 Å². The fraction of sp³-hybridized carbons (Fsp3) is 0.423. The minimum Gasteiger partial charge on any atom is -0.481 e. The van der Waals surface area contributed by atoms with E-state index in [0.717, 1.165) is 11.1 Å². The van der Waals surface area contributed by atoms with Crippen LogP contribution >= 0.6 is 0 Å². The number of likely N-dealkylation sites (tertiary alicyclic amines) is 1. The molecule has 2 aromatic carbocycles. The lowest BCUT2D eigenvalue weighted by atomic mass is 9.95. The minimum absolute atomic E-state index is 0.000160. The molecular formula is C26H30N2O6. The van der Waals surface area contributed by atoms with Crippen molar-refractivity contribution >= 4 is 18.0 Å². The summed E-state index contributed by atoms with van der Waals surface area (Å²) < 4.78 is 10.9. The average molecular weight is 467 g/mol. The van der Waals surface area contributed by atoms with E-state index in [9.17, 15) is 14.4 Å². The maximum absolute atomic E-state index is 12.3. The summed E-state index contributed by atoms with van der Waals surface area (Å²) in [5.41, 5.74) is 4.65. The van der Waals surface area contributed by atoms with E-state index < -0.39 is 12.1 Å². The number of hydrogen-bond acceptors (Lipinski definition) is 5. The molecule has 8 heteroatoms. The largest absolute Gasteiger partial charge is 0.481 e. The van der Waals surface area contributed by atoms with Gasteiger partial charge in [0.1, 0.15) is 13.2 Å². The van der Waals surface area contributed by atoms with Crippen molar-refractivity contribution < 1.29 is 29.0 Å². The van der Waals surface area contributed by atoms with Crippen LogP contribution in [0.15, 0.2) is 48.5 Å². The number of fused-ring (bicyclic) bond motifs is 3. The van der Waals surface area contributed by atoms with Crippen molar-refractivity contribution in [2.24, 2.45) is 11.8 Å². The number of carbonyl (C=O) groups excluding carboxylic acids is 2. The molecule has 0 saturated carbocycles. The standard InChI is InChI=1S/C26H30N2O6/c1-17-13-28(14-18(17)12-25(30)31)24(29)16-33-11-10-27-26(32)34-15-23-21-8-4-2-6-19(21)20-7-3-5-9-22(20)23/h2-9,17-18,23H,10-16H2,1H3,(H,27,32)(H,30,31). The van der Waals surface area contributed by atoms with Gasteiger partial charge in [-0.15, -0.1) is 0 Å². The molecule has 8 nitrogen and oxygen atoms in total. The first kappa shape index (κ1) is 23.8. The highest BCUT2D eigenvalue weighted by Gasteiger charge is 2.33. The summed E-state index contributed by atoms with van der Waals surface area (Å²) in [4.78, 5) is 37.1. The van der Waals surface area contributed by atoms with E-state index in [-0.39, 0.29) is 56.4 Å². The number of amides is 2. The molecule has 1 fully saturated rings. The summed E-state index contributed by atoms with van der Waals surface area (Å²) in [5.74, 6) is -0.894. The van der Waals surface area contributed by atoms with Gasteiger partial charge in [-0.1, -0.05) is 55.5 Å². The van der Waals surface area contributed by atoms with E-state index in [2.05, 4.69) is 29.6 Å². The first-order chi connectivity index (χ1) is 16.4. The predicted molar refractivity (Wildman–Crippen MR) is 125 cm³/mol. The quantitative estimate of drug-likeness (QED) is 0.550. The Labute approximate surface area is 198 Å². The predicted octanol–water partition coefficient (Wildman–Crippen LogP) is 3.11. The highest BCUT2D eigenvalue weighted by Crippen LogP contribution is 2.44. The van der Waals surface area contributed by atoms with Gasteiger partial charge in [0.2, 0.25) is 5.91 Å². The van der Waals surface area contributed by atoms with Gasteiger partial charge in [0.05, 0.1) is 13.0 Å². The molecule has 2 atom stereocenters. The number of aliphatic carboxylic acids is 1. The number of nitrogens with zero attached hydrogens (tertiary/aromatic N) is 1. The number of hydrogen-bond donors (Lipinski definition) is 2. The Morgan fingerprint density at radius 2 is 1.68 bits per heavy atom. The zero-order valence-electron chi connectivity index (χ0n) is 19.2. The monoisotopic (exact) mass is 466 g/mol. The van der Waals surface area contributed by atoms with Crippen LogP contribution in [0.25, 0.3) is 11.1 Å². The zero-order valence-corrected chi connectivity index (χ0v) is 19.2. The van der Waals surface area contributed by atoms with Gasteiger partial charge in [-0.25, -0.2) is 4.79 Å². The Balaban J connectivity index is 1.16. The molecule has 2 N–H and O–H groups in total. The molecule has 1 heterocycles. The van der Waals surface area contributed by atoms with Crippen LogP contribution in [0, 0.1) is 11.8 Å². The third-order valence-corrected chi connectivity index (χ3v) is 6.64. The van der Waals surface area contributed by atoms with Crippen LogP contribution in [-0.4, -0.2) is 67.4 Å². The molecule has 0 bridgehead atoms. The maximum Gasteiger partial charge on any atom is 0.407 e. The number of benzene rings is 2. The molecule has 180 valence electrons. The normalized spacial score (nSPS) is 18.9. The van der Waals surface area contributed by atoms with Crippen molar-refractivity contribution in [3.8, 4) is 11.1 Å². The van der Waals surface area contributed by atoms with Crippen molar-refractivity contribution in [1.29, 1.82) is 0 Å². The number of rotatable bonds is 9. The molecule has 4 rings (SSSR count). The van der Waals surface area contributed by atoms with Crippen LogP contribution in [0.3, 0.4) is 0 Å². The lowest BCUT2D eigenvalue weighted by molar-refractivity contribution is -0.139. The van der Waals surface area contributed by atoms with Crippen LogP contribution in [0.4, 0.5) is 4.79 Å². The first-order valence-corrected chi connectivity index (χ1v) is 11.6. The van der Waals surface area contributed by atoms with E-state index in [1.165, 1.54) is 11.1 Å². The highest BCUT2D eigenvalue weighted by molar-refractivity contribution is 5.79. The summed E-state index contributed by atoms with van der Waals surface area (Å²) in [5, 5.41) is 11.6. The van der Waals surface area contributed by atoms with Crippen LogP contribution in [0.2, 0.25) is 0 Å². The van der Waals surface area contributed by atoms with Gasteiger partial charge < -0.3 is 24.8 Å². The van der Waals surface area contributed by atoms with Crippen LogP contribution < -0.4 is 5.32 Å². The zero-order chi connectivity index (χ0) is 24.1. The fourth-order valence-corrected chi connectivity index (χ4v) is 4.85. The molecule has 1 aliphatic carbocycles. The summed E-state index contributed by atoms with van der Waals surface area (Å²) in [6.45, 7) is 3.48. The maximum atomic E-state index is 12.3. The van der Waals surface area contributed by atoms with Crippen molar-refractivity contribution in [3.63, 3.8) is 0 Å². The van der Waals surface area contributed by atoms with Gasteiger partial charge in [0.25, 0.3) is 0 Å². The van der Waals surface area contributed by atoms with E-state index in [0.29, 0.717) is 13.1 Å². The van der Waals surface area contributed by atoms with E-state index in [4.69, 9.17) is 14.6 Å². The summed E-state index contributed by atoms with van der Waals surface area (Å²) >= 11 is 0. The second-order valence-corrected chi connectivity index (χ2v) is 8.94. The van der Waals surface area contributed by atoms with Crippen molar-refractivity contribution in [2.45, 2.75) is 19.3 Å². The Hall–Kier alpha value is -3.39. The second kappa shape index (κ2) is 10.7. The number of carboxylic acids is 1. The number of alkyl carbamates (subject to hydrolysis) is 1. The molecule has 34 heavy (non-hydrogen) atoms. The third-order valence-electron chi connectivity index (χ3n) is 6.64. The fourth-order valence-electron chi connectivity index (χ4n) is 4.85. The molecule has 0 aromatic heterocycles. The number of ether oxygens (including phenoxy) is 2. The first-order valence-electron chi connectivity index (χ1n) is 11.6. The smallest absolute Gasteiger partial charge is 0.407 e. The number of nitrogens with one attached hydrogen (secondary N) is 1. The van der Waals surface area contributed by atoms with Crippen LogP contribution in [0.5, 0.6) is 0 Å². The second-order valence-electron chi connectivity index (χ2n) is 8.94. The van der Waals surface area contributed by atoms with Crippen molar-refractivity contribution in [2.75, 3.05) is 39.5 Å². The molecule has 2 unspecified atom stereocenters. The Morgan fingerprint density at radius 1 is 1.03 bits per heavy atom. The lowest BCUT2D eigenvalue weighted by Crippen LogP contribution is -2.34. The number of carbonyl (C=O) groups is 3. The molecular weight excluding hydrogens is 436 g/mol. The van der Waals surface area contributed by atoms with E-state index >= 15 is 0 Å². The molecule has 2 aliphatic rings. The topological polar surface area (TPSA) is 105 Å². The average Bonchev–Trinajstić information content (AvgIpc) is 3.34. The van der Waals surface area contributed by atoms with Gasteiger partial charge in [0, 0.05) is 25.6 Å². The highest BCUT2D eigenvalue weighted by atomic mass is 16.5. The summed E-state index contributed by atoms with van der Waals surface area (Å²) in [6.07, 6.45) is -0.461. The Kier molecular flexibility index (Phi) is 7.47. The van der Waals surface area contributed by atoms with Gasteiger partial charge in [-0.2, -0.15) is 0 Å². The molecule has 0 radical (unpaired) electrons. The molecule has 0 spiro atoms. The Bertz CT molecular complexity index is 1010. The summed E-state index contributed by atoms with van der Waals surface area (Å²) in [6, 6.07) is 16.3. The molecule has 1 saturated heterocycles. The van der Waals surface area contributed by atoms with E-state index in [1.54, 1.807) is 4.90 Å². The minimum atomic E-state index is -0.846. The summed E-state index contributed by atoms with van der Waals surface area (Å²) in [7, 11) is 0. The lowest BCUT2D eigenvalue weighted by Gasteiger charge is -2.16. The molecule has 2 aromatic rings. The van der Waals surface area contributed by atoms with Gasteiger partial charge >= 0.3 is 12.1 Å². The SMILES string of the molecule is CC1CN(C(=O)COCCNC(=O)OCC2c3ccccc3-c3ccccc32)CC1CC(=O)O. The van der Waals surface area contributed by atoms with Gasteiger partial charge in [0.15, 0.2) is 0 Å². The van der Waals surface area contributed by atoms with Crippen LogP contribution in [0.1, 0.15) is 30.4 Å². The number of carboxylic acid groups (broad SMARTS) is 1. The van der Waals surface area contributed by atoms with Crippen molar-refractivity contribution in [3.05, 3.63) is 59.7 Å². The van der Waals surface area contributed by atoms with Gasteiger partial charge in [-0.05, 0) is 34.1 Å². The Morgan fingerprint density at radius 3 is 2.32 bits per heavy atom.